The third-order valence-corrected chi connectivity index (χ3v) is 21.3. The molecule has 0 aliphatic rings. The van der Waals surface area contributed by atoms with Gasteiger partial charge in [0.2, 0.25) is 0 Å². The molecule has 25 heavy (non-hydrogen) atoms. The summed E-state index contributed by atoms with van der Waals surface area (Å²) in [4.78, 5) is 0. The summed E-state index contributed by atoms with van der Waals surface area (Å²) >= 11 is -2.39. The van der Waals surface area contributed by atoms with Crippen molar-refractivity contribution in [1.29, 1.82) is 0 Å². The minimum absolute atomic E-state index is 1.34. The van der Waals surface area contributed by atoms with E-state index in [0.29, 0.717) is 0 Å². The fraction of sp³-hybridized carbons (Fsp3) is 0.500. The maximum atomic E-state index is 2.51. The van der Waals surface area contributed by atoms with Crippen LogP contribution >= 0.6 is 0 Å². The van der Waals surface area contributed by atoms with Crippen molar-refractivity contribution in [2.45, 2.75) is 72.6 Å². The van der Waals surface area contributed by atoms with Gasteiger partial charge in [0.15, 0.2) is 0 Å². The molecule has 0 N–H and O–H groups in total. The normalized spacial score (nSPS) is 11.6. The summed E-state index contributed by atoms with van der Waals surface area (Å²) in [6.45, 7) is 7.08. The average molecular weight is 443 g/mol. The van der Waals surface area contributed by atoms with Crippen LogP contribution < -0.4 is 3.58 Å². The summed E-state index contributed by atoms with van der Waals surface area (Å²) < 4.78 is 6.41. The zero-order chi connectivity index (χ0) is 18.0. The van der Waals surface area contributed by atoms with Gasteiger partial charge in [-0.15, -0.1) is 0 Å². The predicted molar refractivity (Wildman–Crippen MR) is 116 cm³/mol. The molecule has 0 heterocycles. The second-order valence-electron chi connectivity index (χ2n) is 7.50. The van der Waals surface area contributed by atoms with Gasteiger partial charge < -0.3 is 0 Å². The molecule has 1 heteroatoms. The van der Waals surface area contributed by atoms with E-state index in [9.17, 15) is 0 Å². The molecule has 2 rings (SSSR count). The fourth-order valence-electron chi connectivity index (χ4n) is 4.14. The van der Waals surface area contributed by atoms with Crippen molar-refractivity contribution in [3.8, 4) is 11.1 Å². The van der Waals surface area contributed by atoms with Crippen LogP contribution in [0.25, 0.3) is 11.1 Å². The van der Waals surface area contributed by atoms with E-state index in [-0.39, 0.29) is 0 Å². The molecular weight excluding hydrogens is 407 g/mol. The molecule has 0 amide bonds. The van der Waals surface area contributed by atoms with Gasteiger partial charge >= 0.3 is 160 Å². The Morgan fingerprint density at radius 3 is 1.60 bits per heavy atom. The van der Waals surface area contributed by atoms with Gasteiger partial charge in [0, 0.05) is 0 Å². The number of hydrogen-bond donors (Lipinski definition) is 0. The van der Waals surface area contributed by atoms with Crippen LogP contribution in [0.4, 0.5) is 0 Å². The van der Waals surface area contributed by atoms with E-state index in [0.717, 1.165) is 0 Å². The van der Waals surface area contributed by atoms with Gasteiger partial charge in [-0.05, 0) is 0 Å². The van der Waals surface area contributed by atoms with Crippen LogP contribution in [0.1, 0.15) is 59.3 Å². The molecule has 0 aliphatic heterocycles. The molecule has 0 nitrogen and oxygen atoms in total. The average Bonchev–Trinajstić information content (AvgIpc) is 2.68. The Kier molecular flexibility index (Phi) is 9.09. The number of unbranched alkanes of at least 4 members (excludes halogenated alkanes) is 3. The monoisotopic (exact) mass is 444 g/mol. The molecule has 0 aromatic heterocycles. The first-order chi connectivity index (χ1) is 12.3. The summed E-state index contributed by atoms with van der Waals surface area (Å²) in [5.41, 5.74) is 2.96. The van der Waals surface area contributed by atoms with E-state index < -0.39 is 18.4 Å². The van der Waals surface area contributed by atoms with Crippen molar-refractivity contribution in [2.24, 2.45) is 0 Å². The second kappa shape index (κ2) is 11.1. The third kappa shape index (κ3) is 5.61. The Morgan fingerprint density at radius 1 is 0.600 bits per heavy atom. The molecular formula is C24H36Sn. The molecule has 0 bridgehead atoms. The number of rotatable bonds is 11. The Morgan fingerprint density at radius 2 is 1.08 bits per heavy atom. The van der Waals surface area contributed by atoms with Gasteiger partial charge in [-0.2, -0.15) is 0 Å². The van der Waals surface area contributed by atoms with E-state index >= 15 is 0 Å². The van der Waals surface area contributed by atoms with Gasteiger partial charge in [-0.3, -0.25) is 0 Å². The van der Waals surface area contributed by atoms with Gasteiger partial charge in [-0.1, -0.05) is 0 Å². The van der Waals surface area contributed by atoms with E-state index in [1.807, 2.05) is 0 Å². The zero-order valence-electron chi connectivity index (χ0n) is 16.6. The summed E-state index contributed by atoms with van der Waals surface area (Å²) in [7, 11) is 0. The molecule has 2 aromatic rings. The van der Waals surface area contributed by atoms with Crippen LogP contribution in [-0.2, 0) is 0 Å². The first-order valence-corrected chi connectivity index (χ1v) is 17.9. The first kappa shape index (κ1) is 20.5. The summed E-state index contributed by atoms with van der Waals surface area (Å²) in [6.07, 6.45) is 8.28. The topological polar surface area (TPSA) is 0 Å². The maximum absolute atomic E-state index is 2.51. The van der Waals surface area contributed by atoms with E-state index in [2.05, 4.69) is 75.4 Å². The van der Waals surface area contributed by atoms with Crippen molar-refractivity contribution in [3.05, 3.63) is 54.6 Å². The third-order valence-electron chi connectivity index (χ3n) is 5.61. The van der Waals surface area contributed by atoms with Crippen LogP contribution in [0.3, 0.4) is 0 Å². The fourth-order valence-corrected chi connectivity index (χ4v) is 21.0. The van der Waals surface area contributed by atoms with Gasteiger partial charge in [0.05, 0.1) is 0 Å². The second-order valence-corrected chi connectivity index (χ2v) is 20.6. The molecule has 0 saturated carbocycles. The summed E-state index contributed by atoms with van der Waals surface area (Å²) in [5, 5.41) is 0. The van der Waals surface area contributed by atoms with Crippen molar-refractivity contribution >= 4 is 22.0 Å². The number of benzene rings is 2. The Labute approximate surface area is 159 Å². The predicted octanol–water partition coefficient (Wildman–Crippen LogP) is 7.41. The Hall–Kier alpha value is -0.761. The van der Waals surface area contributed by atoms with E-state index in [4.69, 9.17) is 0 Å². The van der Waals surface area contributed by atoms with Gasteiger partial charge in [-0.25, -0.2) is 0 Å². The zero-order valence-corrected chi connectivity index (χ0v) is 19.4. The molecule has 0 spiro atoms. The quantitative estimate of drug-likeness (QED) is 0.317. The van der Waals surface area contributed by atoms with E-state index in [1.54, 1.807) is 9.14 Å². The molecule has 0 unspecified atom stereocenters. The van der Waals surface area contributed by atoms with Crippen molar-refractivity contribution in [1.82, 2.24) is 0 Å². The summed E-state index contributed by atoms with van der Waals surface area (Å²) in [6, 6.07) is 20.6. The van der Waals surface area contributed by atoms with Gasteiger partial charge in [0.25, 0.3) is 0 Å². The Bertz CT molecular complexity index is 581. The molecule has 0 radical (unpaired) electrons. The SMILES string of the molecule is CCC[CH2][Sn]([CH2]CCC)([CH2]CCC)[c]1ccccc1-c1ccccc1. The standard InChI is InChI=1S/C12H9.3C4H9.Sn/c1-3-7-11(8-4-1)12-9-5-2-6-10-12;3*1-3-4-2;/h1-9H;3*1,3-4H2,2H3;. The molecule has 136 valence electrons. The number of hydrogen-bond acceptors (Lipinski definition) is 0. The van der Waals surface area contributed by atoms with Crippen LogP contribution in [0.5, 0.6) is 0 Å². The molecule has 0 atom stereocenters. The van der Waals surface area contributed by atoms with Crippen LogP contribution in [0.15, 0.2) is 54.6 Å². The van der Waals surface area contributed by atoms with Crippen LogP contribution in [0, 0.1) is 0 Å². The molecule has 2 aromatic carbocycles. The van der Waals surface area contributed by atoms with Crippen LogP contribution in [0.2, 0.25) is 13.3 Å². The minimum atomic E-state index is -2.39. The summed E-state index contributed by atoms with van der Waals surface area (Å²) in [5.74, 6) is 0. The molecule has 0 aliphatic carbocycles. The molecule has 0 fully saturated rings. The Balaban J connectivity index is 2.51. The van der Waals surface area contributed by atoms with Gasteiger partial charge in [0.1, 0.15) is 0 Å². The van der Waals surface area contributed by atoms with Crippen molar-refractivity contribution in [3.63, 3.8) is 0 Å². The van der Waals surface area contributed by atoms with E-state index in [1.165, 1.54) is 57.4 Å². The van der Waals surface area contributed by atoms with Crippen molar-refractivity contribution < 1.29 is 0 Å². The first-order valence-electron chi connectivity index (χ1n) is 10.4. The molecule has 0 saturated heterocycles. The van der Waals surface area contributed by atoms with Crippen molar-refractivity contribution in [2.75, 3.05) is 0 Å². The van der Waals surface area contributed by atoms with Crippen LogP contribution in [-0.4, -0.2) is 18.4 Å².